The number of carbonyl (C=O) groups excluding carboxylic acids is 3. The van der Waals surface area contributed by atoms with Crippen LogP contribution in [0.3, 0.4) is 0 Å². The summed E-state index contributed by atoms with van der Waals surface area (Å²) in [6.07, 6.45) is 5.53. The molecule has 3 amide bonds. The van der Waals surface area contributed by atoms with E-state index in [0.717, 1.165) is 36.6 Å². The number of aromatic amines is 1. The van der Waals surface area contributed by atoms with Gasteiger partial charge < -0.3 is 20.5 Å². The minimum absolute atomic E-state index is 0.0294. The lowest BCUT2D eigenvalue weighted by atomic mass is 9.67. The highest BCUT2D eigenvalue weighted by atomic mass is 35.5. The Balaban J connectivity index is 1.33. The molecule has 3 fully saturated rings. The van der Waals surface area contributed by atoms with Gasteiger partial charge in [0.25, 0.3) is 5.91 Å². The summed E-state index contributed by atoms with van der Waals surface area (Å²) in [4.78, 5) is 43.8. The number of likely N-dealkylation sites (tertiary alicyclic amines) is 1. The largest absolute Gasteiger partial charge is 0.356 e. The quantitative estimate of drug-likeness (QED) is 0.607. The lowest BCUT2D eigenvalue weighted by Gasteiger charge is -2.37. The fourth-order valence-corrected chi connectivity index (χ4v) is 5.84. The van der Waals surface area contributed by atoms with Crippen LogP contribution in [-0.4, -0.2) is 52.8 Å². The molecule has 8 nitrogen and oxygen atoms in total. The molecule has 5 rings (SSSR count). The maximum atomic E-state index is 13.5. The van der Waals surface area contributed by atoms with Gasteiger partial charge in [0, 0.05) is 34.9 Å². The van der Waals surface area contributed by atoms with Crippen LogP contribution in [0.1, 0.15) is 55.4 Å². The number of nitrogens with one attached hydrogen (secondary N) is 3. The van der Waals surface area contributed by atoms with E-state index in [1.165, 1.54) is 0 Å². The molecule has 1 spiro atoms. The summed E-state index contributed by atoms with van der Waals surface area (Å²) in [5.41, 5.74) is 1.16. The molecule has 178 valence electrons. The maximum absolute atomic E-state index is 13.5. The predicted octanol–water partition coefficient (Wildman–Crippen LogP) is 3.13. The molecule has 3 heterocycles. The maximum Gasteiger partial charge on any atom is 0.271 e. The number of nitrogens with zero attached hydrogens (tertiary/aromatic N) is 2. The Morgan fingerprint density at radius 1 is 1.29 bits per heavy atom. The van der Waals surface area contributed by atoms with Crippen LogP contribution in [-0.2, 0) is 9.59 Å². The monoisotopic (exact) mass is 481 g/mol. The van der Waals surface area contributed by atoms with Crippen molar-refractivity contribution in [3.8, 4) is 6.07 Å². The van der Waals surface area contributed by atoms with Crippen LogP contribution < -0.4 is 10.6 Å². The summed E-state index contributed by atoms with van der Waals surface area (Å²) in [6, 6.07) is 7.91. The molecule has 3 atom stereocenters. The van der Waals surface area contributed by atoms with E-state index in [0.29, 0.717) is 36.6 Å². The SMILES string of the molecule is N#C[C@H](C[C@@H]1CCCNC1=O)NC(=O)[C@@H]1CC2(CCC2)CN1C(=O)c1cc2ccc(Cl)cc2[nH]1. The Bertz CT molecular complexity index is 1180. The number of aromatic nitrogens is 1. The van der Waals surface area contributed by atoms with E-state index in [1.807, 2.05) is 6.07 Å². The van der Waals surface area contributed by atoms with E-state index in [2.05, 4.69) is 21.7 Å². The van der Waals surface area contributed by atoms with Gasteiger partial charge in [-0.25, -0.2) is 0 Å². The second-order valence-electron chi connectivity index (χ2n) is 9.98. The van der Waals surface area contributed by atoms with Crippen molar-refractivity contribution >= 4 is 40.2 Å². The van der Waals surface area contributed by atoms with Crippen LogP contribution in [0.15, 0.2) is 24.3 Å². The zero-order valence-electron chi connectivity index (χ0n) is 18.9. The van der Waals surface area contributed by atoms with E-state index < -0.39 is 12.1 Å². The molecule has 0 bridgehead atoms. The van der Waals surface area contributed by atoms with Gasteiger partial charge >= 0.3 is 0 Å². The van der Waals surface area contributed by atoms with E-state index in [4.69, 9.17) is 11.6 Å². The highest BCUT2D eigenvalue weighted by Crippen LogP contribution is 2.50. The van der Waals surface area contributed by atoms with Gasteiger partial charge in [-0.1, -0.05) is 24.1 Å². The van der Waals surface area contributed by atoms with E-state index >= 15 is 0 Å². The van der Waals surface area contributed by atoms with Crippen molar-refractivity contribution in [3.05, 3.63) is 35.0 Å². The molecule has 2 aromatic rings. The molecule has 1 aromatic heterocycles. The molecule has 0 unspecified atom stereocenters. The summed E-state index contributed by atoms with van der Waals surface area (Å²) >= 11 is 6.08. The first-order chi connectivity index (χ1) is 16.4. The number of carbonyl (C=O) groups is 3. The standard InChI is InChI=1S/C25H28ClN5O3/c26-17-5-4-15-10-20(30-19(15)11-17)24(34)31-14-25(6-2-7-25)12-21(31)23(33)29-18(13-27)9-16-3-1-8-28-22(16)32/h4-5,10-11,16,18,21,30H,1-3,6-9,12,14H2,(H,28,32)(H,29,33)/t16-,18-,21-/m0/s1. The number of halogens is 1. The molecule has 0 radical (unpaired) electrons. The Morgan fingerprint density at radius 2 is 2.12 bits per heavy atom. The van der Waals surface area contributed by atoms with Crippen molar-refractivity contribution in [3.63, 3.8) is 0 Å². The number of benzene rings is 1. The summed E-state index contributed by atoms with van der Waals surface area (Å²) in [5.74, 6) is -0.891. The lowest BCUT2D eigenvalue weighted by molar-refractivity contribution is -0.128. The highest BCUT2D eigenvalue weighted by molar-refractivity contribution is 6.31. The van der Waals surface area contributed by atoms with Crippen LogP contribution in [0.2, 0.25) is 5.02 Å². The van der Waals surface area contributed by atoms with E-state index in [9.17, 15) is 19.6 Å². The molecular formula is C25H28ClN5O3. The number of nitriles is 1. The molecule has 3 N–H and O–H groups in total. The summed E-state index contributed by atoms with van der Waals surface area (Å²) < 4.78 is 0. The average Bonchev–Trinajstić information content (AvgIpc) is 3.41. The third kappa shape index (κ3) is 4.25. The molecule has 1 aromatic carbocycles. The number of fused-ring (bicyclic) bond motifs is 1. The van der Waals surface area contributed by atoms with Gasteiger partial charge in [-0.3, -0.25) is 14.4 Å². The summed E-state index contributed by atoms with van der Waals surface area (Å²) in [7, 11) is 0. The number of hydrogen-bond donors (Lipinski definition) is 3. The third-order valence-electron chi connectivity index (χ3n) is 7.69. The third-order valence-corrected chi connectivity index (χ3v) is 7.93. The second-order valence-corrected chi connectivity index (χ2v) is 10.4. The molecule has 2 aliphatic heterocycles. The fraction of sp³-hybridized carbons (Fsp3) is 0.520. The van der Waals surface area contributed by atoms with Crippen LogP contribution in [0.4, 0.5) is 0 Å². The van der Waals surface area contributed by atoms with Crippen molar-refractivity contribution in [1.82, 2.24) is 20.5 Å². The molecule has 34 heavy (non-hydrogen) atoms. The molecule has 1 saturated carbocycles. The van der Waals surface area contributed by atoms with E-state index in [1.54, 1.807) is 23.1 Å². The number of rotatable bonds is 5. The van der Waals surface area contributed by atoms with Crippen molar-refractivity contribution < 1.29 is 14.4 Å². The van der Waals surface area contributed by atoms with Crippen LogP contribution in [0.5, 0.6) is 0 Å². The zero-order valence-corrected chi connectivity index (χ0v) is 19.7. The van der Waals surface area contributed by atoms with Crippen LogP contribution >= 0.6 is 11.6 Å². The summed E-state index contributed by atoms with van der Waals surface area (Å²) in [6.45, 7) is 1.18. The molecule has 3 aliphatic rings. The van der Waals surface area contributed by atoms with Crippen molar-refractivity contribution in [2.24, 2.45) is 11.3 Å². The number of hydrogen-bond acceptors (Lipinski definition) is 4. The Kier molecular flexibility index (Phi) is 5.98. The van der Waals surface area contributed by atoms with Gasteiger partial charge in [-0.15, -0.1) is 0 Å². The smallest absolute Gasteiger partial charge is 0.271 e. The normalized spacial score (nSPS) is 24.4. The van der Waals surface area contributed by atoms with Gasteiger partial charge in [0.1, 0.15) is 17.8 Å². The van der Waals surface area contributed by atoms with Gasteiger partial charge in [-0.2, -0.15) is 5.26 Å². The summed E-state index contributed by atoms with van der Waals surface area (Å²) in [5, 5.41) is 16.8. The van der Waals surface area contributed by atoms with E-state index in [-0.39, 0.29) is 35.5 Å². The van der Waals surface area contributed by atoms with Crippen molar-refractivity contribution in [2.45, 2.75) is 57.0 Å². The topological polar surface area (TPSA) is 118 Å². The minimum atomic E-state index is -0.772. The number of amides is 3. The lowest BCUT2D eigenvalue weighted by Crippen LogP contribution is -2.49. The van der Waals surface area contributed by atoms with Gasteiger partial charge in [-0.05, 0) is 62.1 Å². The zero-order chi connectivity index (χ0) is 23.9. The first-order valence-corrected chi connectivity index (χ1v) is 12.3. The highest BCUT2D eigenvalue weighted by Gasteiger charge is 2.52. The molecular weight excluding hydrogens is 454 g/mol. The Morgan fingerprint density at radius 3 is 2.82 bits per heavy atom. The molecule has 2 saturated heterocycles. The Labute approximate surface area is 203 Å². The van der Waals surface area contributed by atoms with Crippen LogP contribution in [0.25, 0.3) is 10.9 Å². The second kappa shape index (κ2) is 8.95. The first-order valence-electron chi connectivity index (χ1n) is 11.9. The number of piperidine rings is 1. The number of H-pyrrole nitrogens is 1. The average molecular weight is 482 g/mol. The van der Waals surface area contributed by atoms with Gasteiger partial charge in [0.05, 0.1) is 6.07 Å². The minimum Gasteiger partial charge on any atom is -0.356 e. The van der Waals surface area contributed by atoms with Gasteiger partial charge in [0.2, 0.25) is 11.8 Å². The Hall–Kier alpha value is -3.05. The first kappa shape index (κ1) is 22.7. The fourth-order valence-electron chi connectivity index (χ4n) is 5.67. The van der Waals surface area contributed by atoms with Crippen LogP contribution in [0, 0.1) is 22.7 Å². The van der Waals surface area contributed by atoms with Crippen molar-refractivity contribution in [2.75, 3.05) is 13.1 Å². The van der Waals surface area contributed by atoms with Crippen molar-refractivity contribution in [1.29, 1.82) is 5.26 Å². The predicted molar refractivity (Wildman–Crippen MR) is 127 cm³/mol. The molecule has 9 heteroatoms. The van der Waals surface area contributed by atoms with Gasteiger partial charge in [0.15, 0.2) is 0 Å². The molecule has 1 aliphatic carbocycles.